The van der Waals surface area contributed by atoms with Crippen LogP contribution in [0.4, 0.5) is 5.69 Å². The van der Waals surface area contributed by atoms with Gasteiger partial charge in [-0.15, -0.1) is 0 Å². The minimum absolute atomic E-state index is 0.0401. The highest BCUT2D eigenvalue weighted by molar-refractivity contribution is 6.04. The van der Waals surface area contributed by atoms with Crippen molar-refractivity contribution in [2.45, 2.75) is 6.92 Å². The molecule has 1 saturated heterocycles. The molecule has 7 heteroatoms. The van der Waals surface area contributed by atoms with E-state index in [0.29, 0.717) is 48.9 Å². The molecule has 7 nitrogen and oxygen atoms in total. The van der Waals surface area contributed by atoms with Crippen molar-refractivity contribution in [3.05, 3.63) is 65.6 Å². The van der Waals surface area contributed by atoms with E-state index in [9.17, 15) is 9.59 Å². The van der Waals surface area contributed by atoms with Gasteiger partial charge in [-0.2, -0.15) is 0 Å². The maximum absolute atomic E-state index is 12.8. The lowest BCUT2D eigenvalue weighted by molar-refractivity contribution is 0.0302. The first-order valence-electron chi connectivity index (χ1n) is 8.84. The van der Waals surface area contributed by atoms with Crippen LogP contribution in [0, 0.1) is 6.92 Å². The quantitative estimate of drug-likeness (QED) is 0.774. The molecule has 0 unspecified atom stereocenters. The fourth-order valence-electron chi connectivity index (χ4n) is 3.16. The summed E-state index contributed by atoms with van der Waals surface area (Å²) in [4.78, 5) is 31.5. The van der Waals surface area contributed by atoms with Crippen molar-refractivity contribution in [2.75, 3.05) is 31.6 Å². The average Bonchev–Trinajstić information content (AvgIpc) is 3.14. The SMILES string of the molecule is Cc1ccc(NC(=O)c2cnc3ccccn23)cc1C(=O)N1CCOCC1. The van der Waals surface area contributed by atoms with Crippen LogP contribution >= 0.6 is 0 Å². The third-order valence-corrected chi connectivity index (χ3v) is 4.67. The van der Waals surface area contributed by atoms with Gasteiger partial charge in [0.15, 0.2) is 0 Å². The number of imidazole rings is 1. The van der Waals surface area contributed by atoms with Gasteiger partial charge in [0.25, 0.3) is 11.8 Å². The third kappa shape index (κ3) is 3.41. The number of aromatic nitrogens is 2. The molecule has 0 radical (unpaired) electrons. The Morgan fingerprint density at radius 3 is 2.78 bits per heavy atom. The predicted octanol–water partition coefficient (Wildman–Crippen LogP) is 2.37. The number of amides is 2. The van der Waals surface area contributed by atoms with Gasteiger partial charge < -0.3 is 15.0 Å². The van der Waals surface area contributed by atoms with Crippen LogP contribution in [-0.2, 0) is 4.74 Å². The molecule has 0 bridgehead atoms. The highest BCUT2D eigenvalue weighted by Gasteiger charge is 2.21. The minimum Gasteiger partial charge on any atom is -0.378 e. The monoisotopic (exact) mass is 364 g/mol. The molecule has 1 fully saturated rings. The normalized spacial score (nSPS) is 14.3. The molecule has 1 aromatic carbocycles. The zero-order chi connectivity index (χ0) is 18.8. The van der Waals surface area contributed by atoms with E-state index in [1.165, 1.54) is 0 Å². The molecule has 3 heterocycles. The lowest BCUT2D eigenvalue weighted by atomic mass is 10.1. The van der Waals surface area contributed by atoms with E-state index < -0.39 is 0 Å². The van der Waals surface area contributed by atoms with Gasteiger partial charge in [0.05, 0.1) is 19.4 Å². The number of hydrogen-bond acceptors (Lipinski definition) is 4. The number of carbonyl (C=O) groups excluding carboxylic acids is 2. The Balaban J connectivity index is 1.57. The van der Waals surface area contributed by atoms with Crippen LogP contribution in [0.2, 0.25) is 0 Å². The number of pyridine rings is 1. The molecule has 0 atom stereocenters. The molecule has 2 amide bonds. The smallest absolute Gasteiger partial charge is 0.274 e. The van der Waals surface area contributed by atoms with Crippen LogP contribution in [0.15, 0.2) is 48.8 Å². The summed E-state index contributed by atoms with van der Waals surface area (Å²) in [6.45, 7) is 4.15. The lowest BCUT2D eigenvalue weighted by Crippen LogP contribution is -2.41. The van der Waals surface area contributed by atoms with Gasteiger partial charge in [-0.3, -0.25) is 14.0 Å². The Labute approximate surface area is 156 Å². The zero-order valence-corrected chi connectivity index (χ0v) is 15.0. The van der Waals surface area contributed by atoms with Gasteiger partial charge in [-0.05, 0) is 36.8 Å². The molecule has 2 aromatic heterocycles. The van der Waals surface area contributed by atoms with Crippen LogP contribution < -0.4 is 5.32 Å². The van der Waals surface area contributed by atoms with Crippen LogP contribution in [0.5, 0.6) is 0 Å². The van der Waals surface area contributed by atoms with E-state index in [1.54, 1.807) is 33.8 Å². The number of ether oxygens (including phenoxy) is 1. The van der Waals surface area contributed by atoms with Gasteiger partial charge in [0, 0.05) is 30.5 Å². The van der Waals surface area contributed by atoms with Gasteiger partial charge >= 0.3 is 0 Å². The molecule has 4 rings (SSSR count). The van der Waals surface area contributed by atoms with E-state index in [4.69, 9.17) is 4.74 Å². The summed E-state index contributed by atoms with van der Waals surface area (Å²) in [5.41, 5.74) is 3.18. The van der Waals surface area contributed by atoms with Crippen molar-refractivity contribution in [3.63, 3.8) is 0 Å². The summed E-state index contributed by atoms with van der Waals surface area (Å²) < 4.78 is 7.04. The highest BCUT2D eigenvalue weighted by Crippen LogP contribution is 2.19. The van der Waals surface area contributed by atoms with Crippen molar-refractivity contribution >= 4 is 23.1 Å². The number of aryl methyl sites for hydroxylation is 1. The Kier molecular flexibility index (Phi) is 4.60. The highest BCUT2D eigenvalue weighted by atomic mass is 16.5. The molecular weight excluding hydrogens is 344 g/mol. The van der Waals surface area contributed by atoms with E-state index >= 15 is 0 Å². The van der Waals surface area contributed by atoms with E-state index in [-0.39, 0.29) is 11.8 Å². The van der Waals surface area contributed by atoms with Gasteiger partial charge in [0.2, 0.25) is 0 Å². The number of rotatable bonds is 3. The molecule has 1 N–H and O–H groups in total. The molecule has 3 aromatic rings. The van der Waals surface area contributed by atoms with E-state index in [1.807, 2.05) is 31.2 Å². The number of morpholine rings is 1. The van der Waals surface area contributed by atoms with Crippen molar-refractivity contribution in [3.8, 4) is 0 Å². The first-order valence-corrected chi connectivity index (χ1v) is 8.84. The minimum atomic E-state index is -0.276. The molecule has 0 saturated carbocycles. The second-order valence-corrected chi connectivity index (χ2v) is 6.46. The number of carbonyl (C=O) groups is 2. The summed E-state index contributed by atoms with van der Waals surface area (Å²) in [5, 5.41) is 2.87. The number of nitrogens with one attached hydrogen (secondary N) is 1. The number of benzene rings is 1. The molecule has 0 spiro atoms. The summed E-state index contributed by atoms with van der Waals surface area (Å²) >= 11 is 0. The average molecular weight is 364 g/mol. The second-order valence-electron chi connectivity index (χ2n) is 6.46. The molecule has 0 aliphatic carbocycles. The van der Waals surface area contributed by atoms with Gasteiger partial charge in [0.1, 0.15) is 11.3 Å². The van der Waals surface area contributed by atoms with Crippen molar-refractivity contribution in [2.24, 2.45) is 0 Å². The maximum atomic E-state index is 12.8. The fourth-order valence-corrected chi connectivity index (χ4v) is 3.16. The topological polar surface area (TPSA) is 75.9 Å². The molecule has 27 heavy (non-hydrogen) atoms. The maximum Gasteiger partial charge on any atom is 0.274 e. The molecule has 138 valence electrons. The van der Waals surface area contributed by atoms with E-state index in [0.717, 1.165) is 5.56 Å². The first kappa shape index (κ1) is 17.2. The standard InChI is InChI=1S/C20H20N4O3/c1-14-5-6-15(12-16(14)20(26)23-8-10-27-11-9-23)22-19(25)17-13-21-18-4-2-3-7-24(17)18/h2-7,12-13H,8-11H2,1H3,(H,22,25). The summed E-state index contributed by atoms with van der Waals surface area (Å²) in [6, 6.07) is 10.9. The Morgan fingerprint density at radius 1 is 1.15 bits per heavy atom. The van der Waals surface area contributed by atoms with Crippen molar-refractivity contribution in [1.82, 2.24) is 14.3 Å². The number of nitrogens with zero attached hydrogens (tertiary/aromatic N) is 3. The van der Waals surface area contributed by atoms with Crippen molar-refractivity contribution in [1.29, 1.82) is 0 Å². The zero-order valence-electron chi connectivity index (χ0n) is 15.0. The first-order chi connectivity index (χ1) is 13.1. The Morgan fingerprint density at radius 2 is 1.96 bits per heavy atom. The van der Waals surface area contributed by atoms with Crippen LogP contribution in [-0.4, -0.2) is 52.4 Å². The third-order valence-electron chi connectivity index (χ3n) is 4.67. The van der Waals surface area contributed by atoms with Crippen LogP contribution in [0.1, 0.15) is 26.4 Å². The number of anilines is 1. The Hall–Kier alpha value is -3.19. The largest absolute Gasteiger partial charge is 0.378 e. The van der Waals surface area contributed by atoms with Crippen LogP contribution in [0.25, 0.3) is 5.65 Å². The molecular formula is C20H20N4O3. The van der Waals surface area contributed by atoms with E-state index in [2.05, 4.69) is 10.3 Å². The molecule has 1 aliphatic heterocycles. The molecule has 1 aliphatic rings. The number of hydrogen-bond donors (Lipinski definition) is 1. The summed E-state index contributed by atoms with van der Waals surface area (Å²) in [5.74, 6) is -0.316. The fraction of sp³-hybridized carbons (Fsp3) is 0.250. The summed E-state index contributed by atoms with van der Waals surface area (Å²) in [6.07, 6.45) is 3.33. The Bertz CT molecular complexity index is 1010. The number of fused-ring (bicyclic) bond motifs is 1. The van der Waals surface area contributed by atoms with Crippen molar-refractivity contribution < 1.29 is 14.3 Å². The van der Waals surface area contributed by atoms with Crippen LogP contribution in [0.3, 0.4) is 0 Å². The second kappa shape index (κ2) is 7.20. The lowest BCUT2D eigenvalue weighted by Gasteiger charge is -2.27. The van der Waals surface area contributed by atoms with Gasteiger partial charge in [-0.25, -0.2) is 4.98 Å². The summed E-state index contributed by atoms with van der Waals surface area (Å²) in [7, 11) is 0. The predicted molar refractivity (Wildman–Crippen MR) is 101 cm³/mol. The van der Waals surface area contributed by atoms with Gasteiger partial charge in [-0.1, -0.05) is 12.1 Å².